The van der Waals surface area contributed by atoms with Crippen molar-refractivity contribution in [2.45, 2.75) is 31.6 Å². The molecule has 3 rings (SSSR count). The lowest BCUT2D eigenvalue weighted by atomic mass is 9.87. The number of amides is 1. The molecule has 0 spiro atoms. The highest BCUT2D eigenvalue weighted by Crippen LogP contribution is 2.23. The molecule has 7 heteroatoms. The van der Waals surface area contributed by atoms with Crippen LogP contribution in [0.5, 0.6) is 0 Å². The number of benzene rings is 1. The van der Waals surface area contributed by atoms with Gasteiger partial charge in [-0.25, -0.2) is 13.1 Å². The summed E-state index contributed by atoms with van der Waals surface area (Å²) in [5.41, 5.74) is 1.03. The van der Waals surface area contributed by atoms with Crippen molar-refractivity contribution in [1.29, 1.82) is 0 Å². The molecule has 144 valence electrons. The van der Waals surface area contributed by atoms with E-state index in [1.165, 1.54) is 0 Å². The number of likely N-dealkylation sites (tertiary alicyclic amines) is 1. The van der Waals surface area contributed by atoms with Crippen LogP contribution in [0.1, 0.15) is 25.3 Å². The Morgan fingerprint density at radius 3 is 2.62 bits per heavy atom. The zero-order valence-corrected chi connectivity index (χ0v) is 16.4. The van der Waals surface area contributed by atoms with Gasteiger partial charge in [-0.3, -0.25) is 4.79 Å². The van der Waals surface area contributed by atoms with Gasteiger partial charge in [0.1, 0.15) is 0 Å². The van der Waals surface area contributed by atoms with Crippen LogP contribution in [0.2, 0.25) is 0 Å². The van der Waals surface area contributed by atoms with Crippen molar-refractivity contribution >= 4 is 15.9 Å². The molecule has 0 aliphatic carbocycles. The lowest BCUT2D eigenvalue weighted by Crippen LogP contribution is -2.52. The van der Waals surface area contributed by atoms with Gasteiger partial charge in [-0.05, 0) is 56.8 Å². The minimum atomic E-state index is -3.50. The Morgan fingerprint density at radius 1 is 1.31 bits per heavy atom. The number of nitrogens with zero attached hydrogens (tertiary/aromatic N) is 1. The van der Waals surface area contributed by atoms with Gasteiger partial charge in [0.2, 0.25) is 15.9 Å². The minimum absolute atomic E-state index is 0.0410. The summed E-state index contributed by atoms with van der Waals surface area (Å²) in [7, 11) is -3.50. The third-order valence-corrected chi connectivity index (χ3v) is 7.07. The molecular formula is C19H29N3O3S. The van der Waals surface area contributed by atoms with E-state index in [0.717, 1.165) is 38.0 Å². The van der Waals surface area contributed by atoms with E-state index in [4.69, 9.17) is 0 Å². The summed E-state index contributed by atoms with van der Waals surface area (Å²) >= 11 is 0. The lowest BCUT2D eigenvalue weighted by molar-refractivity contribution is -0.139. The molecule has 2 N–H and O–H groups in total. The molecule has 2 fully saturated rings. The number of aryl methyl sites for hydroxylation is 1. The number of rotatable bonds is 6. The first-order valence-corrected chi connectivity index (χ1v) is 10.9. The Bertz CT molecular complexity index is 729. The molecule has 2 atom stereocenters. The van der Waals surface area contributed by atoms with Gasteiger partial charge in [0.05, 0.1) is 4.90 Å². The average molecular weight is 380 g/mol. The number of hydrogen-bond donors (Lipinski definition) is 2. The normalized spacial score (nSPS) is 22.7. The van der Waals surface area contributed by atoms with Crippen LogP contribution < -0.4 is 10.0 Å². The standard InChI is InChI=1S/C19H29N3O3S/c1-14-5-7-18(8-6-14)26(24,25)21-10-16-4-3-9-22(13-16)19(23)15(2)17-11-20-12-17/h5-8,15-17,20-21H,3-4,9-13H2,1-2H3. The molecule has 1 aromatic rings. The van der Waals surface area contributed by atoms with Crippen LogP contribution in [0.25, 0.3) is 0 Å². The average Bonchev–Trinajstić information content (AvgIpc) is 2.58. The molecule has 1 aromatic carbocycles. The van der Waals surface area contributed by atoms with Crippen molar-refractivity contribution in [3.63, 3.8) is 0 Å². The molecule has 0 bridgehead atoms. The molecule has 2 heterocycles. The fourth-order valence-corrected chi connectivity index (χ4v) is 4.73. The van der Waals surface area contributed by atoms with E-state index in [9.17, 15) is 13.2 Å². The molecule has 1 amide bonds. The molecule has 0 radical (unpaired) electrons. The highest BCUT2D eigenvalue weighted by atomic mass is 32.2. The number of sulfonamides is 1. The third-order valence-electron chi connectivity index (χ3n) is 5.63. The largest absolute Gasteiger partial charge is 0.342 e. The summed E-state index contributed by atoms with van der Waals surface area (Å²) < 4.78 is 27.6. The zero-order chi connectivity index (χ0) is 18.7. The Morgan fingerprint density at radius 2 is 2.00 bits per heavy atom. The maximum Gasteiger partial charge on any atom is 0.240 e. The van der Waals surface area contributed by atoms with Crippen molar-refractivity contribution in [1.82, 2.24) is 14.9 Å². The number of carbonyl (C=O) groups is 1. The first-order chi connectivity index (χ1) is 12.4. The van der Waals surface area contributed by atoms with Gasteiger partial charge in [-0.15, -0.1) is 0 Å². The van der Waals surface area contributed by atoms with Gasteiger partial charge < -0.3 is 10.2 Å². The van der Waals surface area contributed by atoms with Crippen LogP contribution in [0.3, 0.4) is 0 Å². The summed E-state index contributed by atoms with van der Waals surface area (Å²) in [6.07, 6.45) is 1.87. The fraction of sp³-hybridized carbons (Fsp3) is 0.632. The Hall–Kier alpha value is -1.44. The van der Waals surface area contributed by atoms with Crippen molar-refractivity contribution in [2.75, 3.05) is 32.7 Å². The first-order valence-electron chi connectivity index (χ1n) is 9.42. The quantitative estimate of drug-likeness (QED) is 0.782. The Kier molecular flexibility index (Phi) is 5.99. The van der Waals surface area contributed by atoms with E-state index >= 15 is 0 Å². The summed E-state index contributed by atoms with van der Waals surface area (Å²) in [5, 5.41) is 3.22. The van der Waals surface area contributed by atoms with Crippen LogP contribution in [0, 0.1) is 24.7 Å². The summed E-state index contributed by atoms with van der Waals surface area (Å²) in [6, 6.07) is 6.85. The minimum Gasteiger partial charge on any atom is -0.342 e. The number of nitrogens with one attached hydrogen (secondary N) is 2. The van der Waals surface area contributed by atoms with Crippen LogP contribution >= 0.6 is 0 Å². The zero-order valence-electron chi connectivity index (χ0n) is 15.6. The van der Waals surface area contributed by atoms with Crippen LogP contribution in [-0.4, -0.2) is 51.9 Å². The molecule has 6 nitrogen and oxygen atoms in total. The molecule has 26 heavy (non-hydrogen) atoms. The second-order valence-corrected chi connectivity index (χ2v) is 9.43. The maximum absolute atomic E-state index is 12.7. The molecule has 2 unspecified atom stereocenters. The summed E-state index contributed by atoms with van der Waals surface area (Å²) in [4.78, 5) is 14.9. The SMILES string of the molecule is Cc1ccc(S(=O)(=O)NCC2CCCN(C(=O)C(C)C3CNC3)C2)cc1. The van der Waals surface area contributed by atoms with Gasteiger partial charge >= 0.3 is 0 Å². The molecule has 2 saturated heterocycles. The van der Waals surface area contributed by atoms with E-state index in [-0.39, 0.29) is 22.6 Å². The Labute approximate surface area is 156 Å². The fourth-order valence-electron chi connectivity index (χ4n) is 3.61. The van der Waals surface area contributed by atoms with Crippen molar-refractivity contribution in [3.8, 4) is 0 Å². The van der Waals surface area contributed by atoms with Crippen molar-refractivity contribution in [3.05, 3.63) is 29.8 Å². The van der Waals surface area contributed by atoms with E-state index in [2.05, 4.69) is 10.0 Å². The van der Waals surface area contributed by atoms with Gasteiger partial charge in [0, 0.05) is 25.6 Å². The Balaban J connectivity index is 1.54. The molecule has 2 aliphatic rings. The first kappa shape index (κ1) is 19.3. The number of piperidine rings is 1. The highest BCUT2D eigenvalue weighted by Gasteiger charge is 2.33. The third kappa shape index (κ3) is 4.45. The lowest BCUT2D eigenvalue weighted by Gasteiger charge is -2.38. The van der Waals surface area contributed by atoms with E-state index in [1.807, 2.05) is 18.7 Å². The van der Waals surface area contributed by atoms with Crippen LogP contribution in [0.4, 0.5) is 0 Å². The van der Waals surface area contributed by atoms with Crippen LogP contribution in [-0.2, 0) is 14.8 Å². The second kappa shape index (κ2) is 8.06. The summed E-state index contributed by atoms with van der Waals surface area (Å²) in [5.74, 6) is 0.851. The summed E-state index contributed by atoms with van der Waals surface area (Å²) in [6.45, 7) is 7.57. The smallest absolute Gasteiger partial charge is 0.240 e. The maximum atomic E-state index is 12.7. The van der Waals surface area contributed by atoms with Crippen molar-refractivity contribution < 1.29 is 13.2 Å². The monoisotopic (exact) mass is 379 g/mol. The molecule has 0 aromatic heterocycles. The number of carbonyl (C=O) groups excluding carboxylic acids is 1. The van der Waals surface area contributed by atoms with E-state index < -0.39 is 10.0 Å². The molecular weight excluding hydrogens is 350 g/mol. The molecule has 2 aliphatic heterocycles. The van der Waals surface area contributed by atoms with Gasteiger partial charge in [-0.1, -0.05) is 24.6 Å². The van der Waals surface area contributed by atoms with E-state index in [0.29, 0.717) is 19.0 Å². The highest BCUT2D eigenvalue weighted by molar-refractivity contribution is 7.89. The van der Waals surface area contributed by atoms with E-state index in [1.54, 1.807) is 24.3 Å². The topological polar surface area (TPSA) is 78.5 Å². The molecule has 0 saturated carbocycles. The second-order valence-electron chi connectivity index (χ2n) is 7.66. The van der Waals surface area contributed by atoms with Crippen LogP contribution in [0.15, 0.2) is 29.2 Å². The number of hydrogen-bond acceptors (Lipinski definition) is 4. The predicted molar refractivity (Wildman–Crippen MR) is 101 cm³/mol. The van der Waals surface area contributed by atoms with Gasteiger partial charge in [0.15, 0.2) is 0 Å². The predicted octanol–water partition coefficient (Wildman–Crippen LogP) is 1.37. The van der Waals surface area contributed by atoms with Gasteiger partial charge in [-0.2, -0.15) is 0 Å². The van der Waals surface area contributed by atoms with Crippen molar-refractivity contribution in [2.24, 2.45) is 17.8 Å². The van der Waals surface area contributed by atoms with Gasteiger partial charge in [0.25, 0.3) is 0 Å².